The van der Waals surface area contributed by atoms with Gasteiger partial charge in [-0.25, -0.2) is 0 Å². The molecular weight excluding hydrogens is 509 g/mol. The fourth-order valence-electron chi connectivity index (χ4n) is 3.88. The first-order valence-corrected chi connectivity index (χ1v) is 13.9. The Morgan fingerprint density at radius 1 is 0.816 bits per heavy atom. The molecule has 4 aromatic rings. The van der Waals surface area contributed by atoms with Gasteiger partial charge in [-0.05, 0) is 23.2 Å². The van der Waals surface area contributed by atoms with E-state index in [0.29, 0.717) is 21.4 Å². The van der Waals surface area contributed by atoms with Gasteiger partial charge in [0.15, 0.2) is 0 Å². The van der Waals surface area contributed by atoms with Gasteiger partial charge in [-0.2, -0.15) is 0 Å². The van der Waals surface area contributed by atoms with Crippen LogP contribution < -0.4 is 10.8 Å². The fraction of sp³-hybridized carbons (Fsp3) is 0.0333. The molecule has 0 radical (unpaired) electrons. The van der Waals surface area contributed by atoms with Gasteiger partial charge >= 0.3 is 6.19 Å². The summed E-state index contributed by atoms with van der Waals surface area (Å²) in [6.07, 6.45) is 0.983. The van der Waals surface area contributed by atoms with E-state index in [-0.39, 0.29) is 5.91 Å². The zero-order valence-electron chi connectivity index (χ0n) is 20.4. The first-order chi connectivity index (χ1) is 18.7. The number of anilines is 1. The van der Waals surface area contributed by atoms with Crippen molar-refractivity contribution in [3.05, 3.63) is 138 Å². The summed E-state index contributed by atoms with van der Waals surface area (Å²) in [5.41, 5.74) is 5.47. The number of hydrogen-bond acceptors (Lipinski definition) is 6. The molecule has 5 nitrogen and oxygen atoms in total. The van der Waals surface area contributed by atoms with Crippen LogP contribution in [0, 0.1) is 0 Å². The lowest BCUT2D eigenvalue weighted by Gasteiger charge is -2.09. The number of rotatable bonds is 7. The van der Waals surface area contributed by atoms with E-state index in [1.54, 1.807) is 6.08 Å². The van der Waals surface area contributed by atoms with E-state index in [1.807, 2.05) is 103 Å². The molecule has 186 valence electrons. The average molecular weight is 533 g/mol. The molecule has 0 aliphatic carbocycles. The van der Waals surface area contributed by atoms with Crippen molar-refractivity contribution in [3.63, 3.8) is 0 Å². The Hall–Kier alpha value is -3.85. The largest absolute Gasteiger partial charge is 0.438 e. The van der Waals surface area contributed by atoms with E-state index < -0.39 is 6.19 Å². The van der Waals surface area contributed by atoms with E-state index in [1.165, 1.54) is 23.4 Å². The number of nitrogens with zero attached hydrogens (tertiary/aromatic N) is 2. The quantitative estimate of drug-likeness (QED) is 0.103. The molecule has 1 aliphatic heterocycles. The van der Waals surface area contributed by atoms with Crippen molar-refractivity contribution in [1.29, 1.82) is 0 Å². The van der Waals surface area contributed by atoms with Crippen molar-refractivity contribution in [2.24, 2.45) is 10.2 Å². The van der Waals surface area contributed by atoms with Crippen molar-refractivity contribution in [2.75, 3.05) is 5.32 Å². The van der Waals surface area contributed by atoms with Gasteiger partial charge < -0.3 is 10.3 Å². The number of amides is 1. The molecule has 5 rings (SSSR count). The number of carbonyl (C=O) groups excluding carboxylic acids is 1. The first-order valence-electron chi connectivity index (χ1n) is 12.1. The van der Waals surface area contributed by atoms with Crippen LogP contribution in [0.2, 0.25) is 0 Å². The Labute approximate surface area is 230 Å². The van der Waals surface area contributed by atoms with E-state index in [4.69, 9.17) is 0 Å². The molecule has 38 heavy (non-hydrogen) atoms. The Morgan fingerprint density at radius 3 is 2.18 bits per heavy atom. The normalized spacial score (nSPS) is 14.3. The lowest BCUT2D eigenvalue weighted by atomic mass is 9.87. The number of carbonyl (C=O) groups is 1. The summed E-state index contributed by atoms with van der Waals surface area (Å²) in [5, 5.41) is 23.0. The van der Waals surface area contributed by atoms with E-state index in [9.17, 15) is 9.82 Å². The molecule has 0 saturated carbocycles. The van der Waals surface area contributed by atoms with Crippen LogP contribution in [0.1, 0.15) is 16.7 Å². The maximum Gasteiger partial charge on any atom is 0.401 e. The van der Waals surface area contributed by atoms with Crippen molar-refractivity contribution in [2.45, 2.75) is 5.75 Å². The maximum absolute atomic E-state index is 12.8. The van der Waals surface area contributed by atoms with Gasteiger partial charge in [0.2, 0.25) is 0 Å². The number of benzene rings is 4. The van der Waals surface area contributed by atoms with Crippen molar-refractivity contribution < 1.29 is 9.82 Å². The summed E-state index contributed by atoms with van der Waals surface area (Å²) in [6.45, 7) is 0. The molecule has 0 spiro atoms. The van der Waals surface area contributed by atoms with E-state index in [0.717, 1.165) is 27.8 Å². The van der Waals surface area contributed by atoms with Crippen LogP contribution in [-0.2, 0) is 10.5 Å². The lowest BCUT2D eigenvalue weighted by molar-refractivity contribution is -0.110. The van der Waals surface area contributed by atoms with Gasteiger partial charge in [-0.15, -0.1) is 21.8 Å². The van der Waals surface area contributed by atoms with Crippen LogP contribution in [0.5, 0.6) is 0 Å². The highest BCUT2D eigenvalue weighted by molar-refractivity contribution is 8.50. The predicted octanol–water partition coefficient (Wildman–Crippen LogP) is 5.84. The highest BCUT2D eigenvalue weighted by Gasteiger charge is 2.24. The second-order valence-corrected chi connectivity index (χ2v) is 10.7. The molecule has 2 N–H and O–H groups in total. The van der Waals surface area contributed by atoms with Crippen molar-refractivity contribution in [3.8, 4) is 0 Å². The van der Waals surface area contributed by atoms with Gasteiger partial charge in [-0.3, -0.25) is 4.79 Å². The highest BCUT2D eigenvalue weighted by atomic mass is 32.2. The number of fused-ring (bicyclic) bond motifs is 1. The molecule has 0 fully saturated rings. The summed E-state index contributed by atoms with van der Waals surface area (Å²) >= 11 is 2.76. The Bertz CT molecular complexity index is 1490. The summed E-state index contributed by atoms with van der Waals surface area (Å²) in [7, 11) is 0. The SMILES string of the molecule is O=C1Nc2ccccc2/C1=C/C(=N/N=C(\SCc1ccccc1)SB(O)c1ccccc1)c1ccccc1. The minimum absolute atomic E-state index is 0.175. The monoisotopic (exact) mass is 533 g/mol. The lowest BCUT2D eigenvalue weighted by Crippen LogP contribution is -2.27. The zero-order valence-corrected chi connectivity index (χ0v) is 22.0. The smallest absolute Gasteiger partial charge is 0.401 e. The van der Waals surface area contributed by atoms with Gasteiger partial charge in [0.1, 0.15) is 4.38 Å². The minimum Gasteiger partial charge on any atom is -0.438 e. The van der Waals surface area contributed by atoms with Crippen LogP contribution in [0.3, 0.4) is 0 Å². The van der Waals surface area contributed by atoms with Crippen LogP contribution in [0.4, 0.5) is 5.69 Å². The Kier molecular flexibility index (Phi) is 8.55. The van der Waals surface area contributed by atoms with Crippen LogP contribution in [0.25, 0.3) is 5.57 Å². The summed E-state index contributed by atoms with van der Waals surface area (Å²) < 4.78 is 0.619. The van der Waals surface area contributed by atoms with Crippen LogP contribution in [-0.4, -0.2) is 27.2 Å². The first kappa shape index (κ1) is 25.8. The third kappa shape index (κ3) is 6.53. The van der Waals surface area contributed by atoms with Gasteiger partial charge in [-0.1, -0.05) is 121 Å². The number of thioether (sulfide) groups is 1. The molecule has 0 aromatic heterocycles. The molecule has 1 amide bonds. The Morgan fingerprint density at radius 2 is 1.45 bits per heavy atom. The van der Waals surface area contributed by atoms with Gasteiger partial charge in [0.05, 0.1) is 11.3 Å². The molecule has 8 heteroatoms. The maximum atomic E-state index is 12.8. The van der Waals surface area contributed by atoms with E-state index >= 15 is 0 Å². The molecule has 0 bridgehead atoms. The minimum atomic E-state index is -0.792. The third-order valence-corrected chi connectivity index (χ3v) is 8.03. The number of para-hydroxylation sites is 1. The second-order valence-electron chi connectivity index (χ2n) is 8.43. The molecule has 1 heterocycles. The summed E-state index contributed by atoms with van der Waals surface area (Å²) in [5.74, 6) is 0.507. The molecule has 1 aliphatic rings. The fourth-order valence-corrected chi connectivity index (χ4v) is 5.76. The summed E-state index contributed by atoms with van der Waals surface area (Å²) in [4.78, 5) is 12.8. The molecule has 0 unspecified atom stereocenters. The van der Waals surface area contributed by atoms with Crippen molar-refractivity contribution in [1.82, 2.24) is 0 Å². The predicted molar refractivity (Wildman–Crippen MR) is 163 cm³/mol. The van der Waals surface area contributed by atoms with Crippen LogP contribution >= 0.6 is 23.4 Å². The average Bonchev–Trinajstić information content (AvgIpc) is 3.29. The van der Waals surface area contributed by atoms with Crippen LogP contribution in [0.15, 0.2) is 132 Å². The van der Waals surface area contributed by atoms with E-state index in [2.05, 4.69) is 27.7 Å². The molecular formula is C30H24BN3O2S2. The second kappa shape index (κ2) is 12.6. The van der Waals surface area contributed by atoms with Gasteiger partial charge in [0.25, 0.3) is 5.91 Å². The summed E-state index contributed by atoms with van der Waals surface area (Å²) in [6, 6.07) is 36.8. The third-order valence-electron chi connectivity index (χ3n) is 5.80. The molecule has 4 aromatic carbocycles. The van der Waals surface area contributed by atoms with Gasteiger partial charge in [0, 0.05) is 22.6 Å². The topological polar surface area (TPSA) is 74.0 Å². The number of allylic oxidation sites excluding steroid dienone is 1. The zero-order chi connectivity index (χ0) is 26.2. The van der Waals surface area contributed by atoms with Crippen molar-refractivity contribution >= 4 is 62.3 Å². The number of hydrogen-bond donors (Lipinski definition) is 2. The molecule has 0 saturated heterocycles. The number of nitrogens with one attached hydrogen (secondary N) is 1. The highest BCUT2D eigenvalue weighted by Crippen LogP contribution is 2.32. The Balaban J connectivity index is 1.51. The molecule has 0 atom stereocenters. The standard InChI is InChI=1S/C30H24BN3O2S2/c35-29-26(25-18-10-11-19-27(25)32-29)20-28(23-14-6-2-7-15-23)33-34-30(37-21-22-12-4-1-5-13-22)38-31(36)24-16-8-3-9-17-24/h1-20,36H,21H2,(H,32,35)/b26-20-,33-28-,34-30+.